The molecular weight excluding hydrogens is 330 g/mol. The SMILES string of the molecule is CC(=O)Nc1ccc(NC(=O)C[NH+]2CCN(c3cccc[nH+]3)CC2)cc1. The highest BCUT2D eigenvalue weighted by molar-refractivity contribution is 5.92. The molecule has 1 aromatic carbocycles. The smallest absolute Gasteiger partial charge is 0.279 e. The van der Waals surface area contributed by atoms with Gasteiger partial charge in [0.05, 0.1) is 6.20 Å². The molecule has 3 rings (SSSR count). The summed E-state index contributed by atoms with van der Waals surface area (Å²) in [5.74, 6) is 1.01. The van der Waals surface area contributed by atoms with E-state index >= 15 is 0 Å². The normalized spacial score (nSPS) is 14.7. The number of H-pyrrole nitrogens is 1. The van der Waals surface area contributed by atoms with Gasteiger partial charge in [0, 0.05) is 24.4 Å². The number of quaternary nitrogens is 1. The van der Waals surface area contributed by atoms with E-state index in [2.05, 4.69) is 26.6 Å². The van der Waals surface area contributed by atoms with Gasteiger partial charge in [-0.25, -0.2) is 4.98 Å². The Balaban J connectivity index is 1.45. The first-order valence-electron chi connectivity index (χ1n) is 8.83. The molecule has 0 bridgehead atoms. The molecular formula is C19H25N5O2+2. The Labute approximate surface area is 153 Å². The molecule has 1 aliphatic heterocycles. The van der Waals surface area contributed by atoms with E-state index < -0.39 is 0 Å². The summed E-state index contributed by atoms with van der Waals surface area (Å²) in [5, 5.41) is 5.63. The van der Waals surface area contributed by atoms with Crippen LogP contribution in [-0.2, 0) is 9.59 Å². The minimum Gasteiger partial charge on any atom is -0.326 e. The molecule has 2 heterocycles. The van der Waals surface area contributed by atoms with Gasteiger partial charge in [-0.3, -0.25) is 14.5 Å². The minimum absolute atomic E-state index is 0.00648. The predicted octanol–water partition coefficient (Wildman–Crippen LogP) is -0.197. The maximum absolute atomic E-state index is 12.3. The molecule has 0 aliphatic carbocycles. The number of aromatic nitrogens is 1. The van der Waals surface area contributed by atoms with E-state index in [9.17, 15) is 9.59 Å². The van der Waals surface area contributed by atoms with E-state index in [1.807, 2.05) is 18.3 Å². The molecule has 7 heteroatoms. The molecule has 4 N–H and O–H groups in total. The summed E-state index contributed by atoms with van der Waals surface area (Å²) in [6.45, 7) is 5.63. The zero-order chi connectivity index (χ0) is 18.4. The van der Waals surface area contributed by atoms with Gasteiger partial charge < -0.3 is 15.5 Å². The average Bonchev–Trinajstić information content (AvgIpc) is 2.64. The first kappa shape index (κ1) is 17.9. The number of piperazine rings is 1. The number of carbonyl (C=O) groups excluding carboxylic acids is 2. The Bertz CT molecular complexity index is 740. The average molecular weight is 355 g/mol. The third kappa shape index (κ3) is 5.03. The lowest BCUT2D eigenvalue weighted by Gasteiger charge is -2.27. The van der Waals surface area contributed by atoms with Crippen LogP contribution >= 0.6 is 0 Å². The summed E-state index contributed by atoms with van der Waals surface area (Å²) in [7, 11) is 0. The molecule has 0 unspecified atom stereocenters. The van der Waals surface area contributed by atoms with Crippen LogP contribution in [0, 0.1) is 0 Å². The number of hydrogen-bond donors (Lipinski definition) is 3. The van der Waals surface area contributed by atoms with Gasteiger partial charge in [0.15, 0.2) is 6.54 Å². The molecule has 1 aliphatic rings. The Morgan fingerprint density at radius 3 is 2.27 bits per heavy atom. The number of nitrogens with one attached hydrogen (secondary N) is 4. The molecule has 0 atom stereocenters. The van der Waals surface area contributed by atoms with Crippen molar-refractivity contribution >= 4 is 29.0 Å². The Morgan fingerprint density at radius 1 is 1.04 bits per heavy atom. The monoisotopic (exact) mass is 355 g/mol. The number of anilines is 3. The molecule has 0 spiro atoms. The number of aromatic amines is 1. The molecule has 0 radical (unpaired) electrons. The van der Waals surface area contributed by atoms with Crippen molar-refractivity contribution < 1.29 is 19.5 Å². The van der Waals surface area contributed by atoms with E-state index in [1.165, 1.54) is 11.8 Å². The van der Waals surface area contributed by atoms with Gasteiger partial charge in [0.2, 0.25) is 5.91 Å². The Kier molecular flexibility index (Phi) is 5.80. The van der Waals surface area contributed by atoms with Crippen molar-refractivity contribution in [2.24, 2.45) is 0 Å². The number of pyridine rings is 1. The zero-order valence-electron chi connectivity index (χ0n) is 14.9. The quantitative estimate of drug-likeness (QED) is 0.695. The van der Waals surface area contributed by atoms with E-state index in [4.69, 9.17) is 0 Å². The predicted molar refractivity (Wildman–Crippen MR) is 100 cm³/mol. The third-order valence-electron chi connectivity index (χ3n) is 4.40. The van der Waals surface area contributed by atoms with Crippen LogP contribution in [0.4, 0.5) is 17.2 Å². The van der Waals surface area contributed by atoms with Crippen LogP contribution < -0.4 is 25.4 Å². The summed E-state index contributed by atoms with van der Waals surface area (Å²) in [5.41, 5.74) is 1.45. The molecule has 136 valence electrons. The number of rotatable bonds is 5. The minimum atomic E-state index is -0.113. The van der Waals surface area contributed by atoms with Crippen LogP contribution in [0.3, 0.4) is 0 Å². The maximum atomic E-state index is 12.3. The van der Waals surface area contributed by atoms with Gasteiger partial charge in [-0.2, -0.15) is 0 Å². The highest BCUT2D eigenvalue weighted by atomic mass is 16.2. The first-order chi connectivity index (χ1) is 12.6. The topological polar surface area (TPSA) is 80.0 Å². The second kappa shape index (κ2) is 8.44. The summed E-state index contributed by atoms with van der Waals surface area (Å²) in [4.78, 5) is 30.1. The van der Waals surface area contributed by atoms with Crippen LogP contribution in [0.25, 0.3) is 0 Å². The van der Waals surface area contributed by atoms with E-state index in [-0.39, 0.29) is 11.8 Å². The van der Waals surface area contributed by atoms with Crippen LogP contribution in [0.5, 0.6) is 0 Å². The van der Waals surface area contributed by atoms with Crippen molar-refractivity contribution in [3.05, 3.63) is 48.7 Å². The van der Waals surface area contributed by atoms with Gasteiger partial charge in [-0.1, -0.05) is 6.07 Å². The highest BCUT2D eigenvalue weighted by Crippen LogP contribution is 2.13. The lowest BCUT2D eigenvalue weighted by Crippen LogP contribution is -3.15. The van der Waals surface area contributed by atoms with Gasteiger partial charge in [0.25, 0.3) is 11.7 Å². The Hall–Kier alpha value is -2.93. The van der Waals surface area contributed by atoms with E-state index in [0.29, 0.717) is 6.54 Å². The number of benzene rings is 1. The van der Waals surface area contributed by atoms with Gasteiger partial charge in [-0.05, 0) is 30.3 Å². The van der Waals surface area contributed by atoms with Crippen molar-refractivity contribution in [1.82, 2.24) is 0 Å². The number of carbonyl (C=O) groups is 2. The molecule has 2 aromatic rings. The van der Waals surface area contributed by atoms with Crippen LogP contribution in [0.1, 0.15) is 6.92 Å². The molecule has 0 saturated carbocycles. The van der Waals surface area contributed by atoms with Gasteiger partial charge in [0.1, 0.15) is 26.2 Å². The van der Waals surface area contributed by atoms with Crippen LogP contribution in [-0.4, -0.2) is 44.5 Å². The number of amides is 2. The summed E-state index contributed by atoms with van der Waals surface area (Å²) in [6.07, 6.45) is 1.93. The summed E-state index contributed by atoms with van der Waals surface area (Å²) < 4.78 is 0. The molecule has 1 fully saturated rings. The molecule has 1 aromatic heterocycles. The summed E-state index contributed by atoms with van der Waals surface area (Å²) in [6, 6.07) is 13.2. The zero-order valence-corrected chi connectivity index (χ0v) is 14.9. The second-order valence-electron chi connectivity index (χ2n) is 6.47. The number of hydrogen-bond acceptors (Lipinski definition) is 3. The fraction of sp³-hybridized carbons (Fsp3) is 0.316. The molecule has 1 saturated heterocycles. The molecule has 2 amide bonds. The first-order valence-corrected chi connectivity index (χ1v) is 8.83. The Morgan fingerprint density at radius 2 is 1.69 bits per heavy atom. The lowest BCUT2D eigenvalue weighted by molar-refractivity contribution is -0.892. The van der Waals surface area contributed by atoms with Crippen molar-refractivity contribution in [2.75, 3.05) is 48.3 Å². The van der Waals surface area contributed by atoms with Gasteiger partial charge >= 0.3 is 0 Å². The highest BCUT2D eigenvalue weighted by Gasteiger charge is 2.27. The van der Waals surface area contributed by atoms with E-state index in [0.717, 1.165) is 43.4 Å². The third-order valence-corrected chi connectivity index (χ3v) is 4.40. The summed E-state index contributed by atoms with van der Waals surface area (Å²) >= 11 is 0. The van der Waals surface area contributed by atoms with E-state index in [1.54, 1.807) is 24.3 Å². The number of nitrogens with zero attached hydrogens (tertiary/aromatic N) is 1. The fourth-order valence-corrected chi connectivity index (χ4v) is 3.09. The van der Waals surface area contributed by atoms with Crippen molar-refractivity contribution in [2.45, 2.75) is 6.92 Å². The van der Waals surface area contributed by atoms with Crippen molar-refractivity contribution in [3.8, 4) is 0 Å². The van der Waals surface area contributed by atoms with Crippen molar-refractivity contribution in [1.29, 1.82) is 0 Å². The molecule has 7 nitrogen and oxygen atoms in total. The van der Waals surface area contributed by atoms with Crippen LogP contribution in [0.15, 0.2) is 48.7 Å². The lowest BCUT2D eigenvalue weighted by atomic mass is 10.2. The maximum Gasteiger partial charge on any atom is 0.279 e. The van der Waals surface area contributed by atoms with Gasteiger partial charge in [-0.15, -0.1) is 0 Å². The van der Waals surface area contributed by atoms with Crippen molar-refractivity contribution in [3.63, 3.8) is 0 Å². The standard InChI is InChI=1S/C19H23N5O2/c1-15(25)21-16-5-7-17(8-6-16)22-19(26)14-23-10-12-24(13-11-23)18-4-2-3-9-20-18/h2-9H,10-14H2,1H3,(H,21,25)(H,22,26)/p+2. The largest absolute Gasteiger partial charge is 0.326 e. The van der Waals surface area contributed by atoms with Crippen LogP contribution in [0.2, 0.25) is 0 Å². The fourth-order valence-electron chi connectivity index (χ4n) is 3.09. The second-order valence-corrected chi connectivity index (χ2v) is 6.47. The molecule has 26 heavy (non-hydrogen) atoms.